The standard InChI is InChI=1S/C15H19FN2O/c16-12-6-4-5-11(9-12)13-10-17-15(14(19)18-13)7-2-1-3-8-15/h4-6,9,13,17H,1-3,7-8,10H2,(H,18,19). The first kappa shape index (κ1) is 12.6. The van der Waals surface area contributed by atoms with Gasteiger partial charge in [0, 0.05) is 6.54 Å². The number of hydrogen-bond acceptors (Lipinski definition) is 2. The summed E-state index contributed by atoms with van der Waals surface area (Å²) in [5.41, 5.74) is 0.453. The van der Waals surface area contributed by atoms with Crippen LogP contribution in [0.5, 0.6) is 0 Å². The van der Waals surface area contributed by atoms with Crippen LogP contribution in [0.1, 0.15) is 43.7 Å². The van der Waals surface area contributed by atoms with E-state index in [9.17, 15) is 9.18 Å². The molecule has 1 aromatic rings. The number of carbonyl (C=O) groups excluding carboxylic acids is 1. The molecule has 1 aromatic carbocycles. The summed E-state index contributed by atoms with van der Waals surface area (Å²) in [4.78, 5) is 12.4. The van der Waals surface area contributed by atoms with Crippen LogP contribution >= 0.6 is 0 Å². The molecule has 1 unspecified atom stereocenters. The van der Waals surface area contributed by atoms with E-state index >= 15 is 0 Å². The Labute approximate surface area is 112 Å². The molecule has 2 aliphatic rings. The van der Waals surface area contributed by atoms with Gasteiger partial charge in [0.25, 0.3) is 0 Å². The molecule has 2 fully saturated rings. The van der Waals surface area contributed by atoms with Gasteiger partial charge in [-0.25, -0.2) is 4.39 Å². The zero-order valence-corrected chi connectivity index (χ0v) is 10.9. The van der Waals surface area contributed by atoms with Gasteiger partial charge >= 0.3 is 0 Å². The molecule has 4 heteroatoms. The van der Waals surface area contributed by atoms with Crippen molar-refractivity contribution in [3.8, 4) is 0 Å². The van der Waals surface area contributed by atoms with E-state index in [4.69, 9.17) is 0 Å². The molecule has 1 saturated heterocycles. The molecule has 3 nitrogen and oxygen atoms in total. The molecule has 1 aliphatic carbocycles. The molecule has 1 saturated carbocycles. The number of halogens is 1. The Bertz CT molecular complexity index is 483. The lowest BCUT2D eigenvalue weighted by Crippen LogP contribution is -2.64. The highest BCUT2D eigenvalue weighted by Gasteiger charge is 2.43. The fraction of sp³-hybridized carbons (Fsp3) is 0.533. The van der Waals surface area contributed by atoms with Crippen LogP contribution in [0.15, 0.2) is 24.3 Å². The van der Waals surface area contributed by atoms with Crippen LogP contribution in [-0.4, -0.2) is 18.0 Å². The molecule has 3 rings (SSSR count). The Morgan fingerprint density at radius 3 is 2.68 bits per heavy atom. The fourth-order valence-electron chi connectivity index (χ4n) is 3.21. The number of hydrogen-bond donors (Lipinski definition) is 2. The fourth-order valence-corrected chi connectivity index (χ4v) is 3.21. The number of piperazine rings is 1. The van der Waals surface area contributed by atoms with Gasteiger partial charge in [0.05, 0.1) is 11.6 Å². The molecular formula is C15H19FN2O. The van der Waals surface area contributed by atoms with Crippen LogP contribution in [0.2, 0.25) is 0 Å². The van der Waals surface area contributed by atoms with Crippen molar-refractivity contribution in [1.29, 1.82) is 0 Å². The normalized spacial score (nSPS) is 26.2. The van der Waals surface area contributed by atoms with Crippen LogP contribution in [-0.2, 0) is 4.79 Å². The molecule has 0 bridgehead atoms. The van der Waals surface area contributed by atoms with Gasteiger partial charge in [-0.3, -0.25) is 4.79 Å². The summed E-state index contributed by atoms with van der Waals surface area (Å²) in [6.07, 6.45) is 5.24. The molecule has 1 amide bonds. The number of nitrogens with one attached hydrogen (secondary N) is 2. The van der Waals surface area contributed by atoms with Gasteiger partial charge in [0.2, 0.25) is 5.91 Å². The predicted octanol–water partition coefficient (Wildman–Crippen LogP) is 2.29. The molecule has 1 heterocycles. The molecule has 2 N–H and O–H groups in total. The van der Waals surface area contributed by atoms with Gasteiger partial charge in [0.1, 0.15) is 5.82 Å². The first-order valence-corrected chi connectivity index (χ1v) is 7.01. The summed E-state index contributed by atoms with van der Waals surface area (Å²) in [5, 5.41) is 6.47. The van der Waals surface area contributed by atoms with E-state index in [1.165, 1.54) is 18.6 Å². The van der Waals surface area contributed by atoms with E-state index in [1.807, 2.05) is 6.07 Å². The smallest absolute Gasteiger partial charge is 0.240 e. The number of rotatable bonds is 1. The molecule has 102 valence electrons. The van der Waals surface area contributed by atoms with Crippen LogP contribution in [0.4, 0.5) is 4.39 Å². The molecule has 0 aromatic heterocycles. The first-order valence-electron chi connectivity index (χ1n) is 7.01. The number of carbonyl (C=O) groups is 1. The Balaban J connectivity index is 1.75. The summed E-state index contributed by atoms with van der Waals surface area (Å²) >= 11 is 0. The highest BCUT2D eigenvalue weighted by molar-refractivity contribution is 5.87. The molecule has 19 heavy (non-hydrogen) atoms. The minimum atomic E-state index is -0.373. The van der Waals surface area contributed by atoms with Crippen molar-refractivity contribution in [3.63, 3.8) is 0 Å². The summed E-state index contributed by atoms with van der Waals surface area (Å²) in [7, 11) is 0. The molecule has 1 aliphatic heterocycles. The summed E-state index contributed by atoms with van der Waals surface area (Å²) in [6, 6.07) is 6.32. The second-order valence-corrected chi connectivity index (χ2v) is 5.60. The zero-order chi connectivity index (χ0) is 13.3. The van der Waals surface area contributed by atoms with Crippen molar-refractivity contribution in [1.82, 2.24) is 10.6 Å². The Morgan fingerprint density at radius 2 is 2.00 bits per heavy atom. The lowest BCUT2D eigenvalue weighted by Gasteiger charge is -2.43. The van der Waals surface area contributed by atoms with E-state index in [1.54, 1.807) is 6.07 Å². The van der Waals surface area contributed by atoms with E-state index in [0.717, 1.165) is 31.2 Å². The third-order valence-corrected chi connectivity index (χ3v) is 4.34. The molecular weight excluding hydrogens is 243 g/mol. The van der Waals surface area contributed by atoms with Crippen LogP contribution < -0.4 is 10.6 Å². The molecule has 0 radical (unpaired) electrons. The van der Waals surface area contributed by atoms with E-state index in [-0.39, 0.29) is 23.3 Å². The number of amides is 1. The average molecular weight is 262 g/mol. The maximum absolute atomic E-state index is 13.2. The summed E-state index contributed by atoms with van der Waals surface area (Å²) in [6.45, 7) is 0.676. The van der Waals surface area contributed by atoms with Crippen molar-refractivity contribution in [3.05, 3.63) is 35.6 Å². The summed E-state index contributed by atoms with van der Waals surface area (Å²) < 4.78 is 13.2. The second-order valence-electron chi connectivity index (χ2n) is 5.60. The molecule has 1 spiro atoms. The SMILES string of the molecule is O=C1NC(c2cccc(F)c2)CNC12CCCCC2. The quantitative estimate of drug-likeness (QED) is 0.815. The van der Waals surface area contributed by atoms with Crippen molar-refractivity contribution in [2.75, 3.05) is 6.54 Å². The third-order valence-electron chi connectivity index (χ3n) is 4.34. The van der Waals surface area contributed by atoms with Crippen molar-refractivity contribution >= 4 is 5.91 Å². The summed E-state index contributed by atoms with van der Waals surface area (Å²) in [5.74, 6) is -0.183. The lowest BCUT2D eigenvalue weighted by molar-refractivity contribution is -0.132. The topological polar surface area (TPSA) is 41.1 Å². The minimum Gasteiger partial charge on any atom is -0.346 e. The van der Waals surface area contributed by atoms with Gasteiger partial charge in [-0.15, -0.1) is 0 Å². The van der Waals surface area contributed by atoms with E-state index in [0.29, 0.717) is 6.54 Å². The van der Waals surface area contributed by atoms with Gasteiger partial charge in [-0.1, -0.05) is 31.4 Å². The van der Waals surface area contributed by atoms with E-state index < -0.39 is 0 Å². The van der Waals surface area contributed by atoms with Gasteiger partial charge in [-0.2, -0.15) is 0 Å². The van der Waals surface area contributed by atoms with Crippen LogP contribution in [0, 0.1) is 5.82 Å². The van der Waals surface area contributed by atoms with Gasteiger partial charge in [0.15, 0.2) is 0 Å². The van der Waals surface area contributed by atoms with Crippen LogP contribution in [0.25, 0.3) is 0 Å². The number of benzene rings is 1. The van der Waals surface area contributed by atoms with Crippen molar-refractivity contribution in [2.24, 2.45) is 0 Å². The Morgan fingerprint density at radius 1 is 1.21 bits per heavy atom. The third kappa shape index (κ3) is 2.37. The molecule has 1 atom stereocenters. The highest BCUT2D eigenvalue weighted by atomic mass is 19.1. The Hall–Kier alpha value is -1.42. The second kappa shape index (κ2) is 4.93. The van der Waals surface area contributed by atoms with Gasteiger partial charge in [-0.05, 0) is 30.5 Å². The average Bonchev–Trinajstić information content (AvgIpc) is 2.43. The maximum atomic E-state index is 13.2. The highest BCUT2D eigenvalue weighted by Crippen LogP contribution is 2.32. The maximum Gasteiger partial charge on any atom is 0.240 e. The lowest BCUT2D eigenvalue weighted by atomic mass is 9.79. The van der Waals surface area contributed by atoms with Crippen molar-refractivity contribution < 1.29 is 9.18 Å². The zero-order valence-electron chi connectivity index (χ0n) is 10.9. The first-order chi connectivity index (χ1) is 9.20. The minimum absolute atomic E-state index is 0.0766. The monoisotopic (exact) mass is 262 g/mol. The van der Waals surface area contributed by atoms with E-state index in [2.05, 4.69) is 10.6 Å². The van der Waals surface area contributed by atoms with Crippen LogP contribution in [0.3, 0.4) is 0 Å². The largest absolute Gasteiger partial charge is 0.346 e. The predicted molar refractivity (Wildman–Crippen MR) is 71.1 cm³/mol. The van der Waals surface area contributed by atoms with Crippen molar-refractivity contribution in [2.45, 2.75) is 43.7 Å². The Kier molecular flexibility index (Phi) is 3.27. The van der Waals surface area contributed by atoms with Gasteiger partial charge < -0.3 is 10.6 Å².